The van der Waals surface area contributed by atoms with E-state index in [1.54, 1.807) is 6.07 Å². The molecule has 0 fully saturated rings. The van der Waals surface area contributed by atoms with Crippen LogP contribution in [-0.2, 0) is 17.8 Å². The number of allylic oxidation sites excluding steroid dienone is 1. The number of hydrogen-bond acceptors (Lipinski definition) is 6. The topological polar surface area (TPSA) is 106 Å². The third kappa shape index (κ3) is 6.22. The highest BCUT2D eigenvalue weighted by molar-refractivity contribution is 5.94. The lowest BCUT2D eigenvalue weighted by Crippen LogP contribution is -2.40. The van der Waals surface area contributed by atoms with Crippen LogP contribution in [0.3, 0.4) is 0 Å². The lowest BCUT2D eigenvalue weighted by atomic mass is 9.88. The summed E-state index contributed by atoms with van der Waals surface area (Å²) in [4.78, 5) is 28.5. The average molecular weight is 446 g/mol. The summed E-state index contributed by atoms with van der Waals surface area (Å²) in [5.41, 5.74) is 4.80. The monoisotopic (exact) mass is 445 g/mol. The van der Waals surface area contributed by atoms with Gasteiger partial charge in [0.25, 0.3) is 5.91 Å². The number of aliphatic imine (C=N–C) groups is 1. The van der Waals surface area contributed by atoms with E-state index in [2.05, 4.69) is 27.0 Å². The fourth-order valence-corrected chi connectivity index (χ4v) is 4.37. The van der Waals surface area contributed by atoms with Crippen LogP contribution in [0.2, 0.25) is 0 Å². The lowest BCUT2D eigenvalue weighted by Gasteiger charge is -2.20. The van der Waals surface area contributed by atoms with Gasteiger partial charge in [0.15, 0.2) is 5.96 Å². The highest BCUT2D eigenvalue weighted by Crippen LogP contribution is 2.32. The summed E-state index contributed by atoms with van der Waals surface area (Å²) < 4.78 is 0. The Kier molecular flexibility index (Phi) is 7.40. The maximum atomic E-state index is 12.8. The second kappa shape index (κ2) is 10.8. The Morgan fingerprint density at radius 3 is 2.82 bits per heavy atom. The van der Waals surface area contributed by atoms with Crippen LogP contribution in [0, 0.1) is 0 Å². The van der Waals surface area contributed by atoms with E-state index in [-0.39, 0.29) is 18.2 Å². The van der Waals surface area contributed by atoms with Crippen LogP contribution >= 0.6 is 0 Å². The fraction of sp³-hybridized carbons (Fsp3) is 0.346. The second-order valence-electron chi connectivity index (χ2n) is 8.49. The van der Waals surface area contributed by atoms with E-state index in [4.69, 9.17) is 0 Å². The van der Waals surface area contributed by atoms with Crippen LogP contribution in [0.5, 0.6) is 0 Å². The summed E-state index contributed by atoms with van der Waals surface area (Å²) in [7, 11) is 0. The number of fused-ring (bicyclic) bond motifs is 1. The zero-order valence-corrected chi connectivity index (χ0v) is 18.6. The number of nitrogens with one attached hydrogen (secondary N) is 3. The molecule has 1 amide bonds. The molecule has 7 nitrogen and oxygen atoms in total. The van der Waals surface area contributed by atoms with Gasteiger partial charge in [0.1, 0.15) is 0 Å². The van der Waals surface area contributed by atoms with Crippen LogP contribution in [0.4, 0.5) is 0 Å². The first-order chi connectivity index (χ1) is 16.1. The number of aliphatic carboxylic acids is 1. The van der Waals surface area contributed by atoms with Gasteiger partial charge >= 0.3 is 0 Å². The molecule has 7 heteroatoms. The quantitative estimate of drug-likeness (QED) is 0.562. The molecule has 1 aliphatic heterocycles. The molecule has 2 aliphatic rings. The lowest BCUT2D eigenvalue weighted by molar-refractivity contribution is -0.306. The number of benzene rings is 2. The van der Waals surface area contributed by atoms with E-state index in [1.807, 2.05) is 42.5 Å². The Bertz CT molecular complexity index is 1080. The zero-order valence-electron chi connectivity index (χ0n) is 18.6. The molecule has 0 aromatic heterocycles. The number of amides is 1. The Morgan fingerprint density at radius 1 is 1.12 bits per heavy atom. The van der Waals surface area contributed by atoms with E-state index in [0.29, 0.717) is 25.1 Å². The van der Waals surface area contributed by atoms with E-state index in [0.717, 1.165) is 54.2 Å². The van der Waals surface area contributed by atoms with Gasteiger partial charge < -0.3 is 25.9 Å². The van der Waals surface area contributed by atoms with Gasteiger partial charge in [-0.1, -0.05) is 48.0 Å². The van der Waals surface area contributed by atoms with Crippen LogP contribution in [0.25, 0.3) is 0 Å². The Morgan fingerprint density at radius 2 is 2.00 bits per heavy atom. The van der Waals surface area contributed by atoms with Crippen molar-refractivity contribution in [2.75, 3.05) is 19.6 Å². The number of nitrogens with zero attached hydrogens (tertiary/aromatic N) is 1. The predicted octanol–water partition coefficient (Wildman–Crippen LogP) is 1.65. The molecule has 2 aromatic carbocycles. The number of hydrogen-bond donors (Lipinski definition) is 3. The Hall–Kier alpha value is -3.61. The van der Waals surface area contributed by atoms with Crippen molar-refractivity contribution in [3.05, 3.63) is 82.4 Å². The summed E-state index contributed by atoms with van der Waals surface area (Å²) in [6, 6.07) is 15.5. The summed E-state index contributed by atoms with van der Waals surface area (Å²) in [6.45, 7) is 2.71. The SMILES string of the molecule is O=C([O-])CC1CC(CNC(=O)c2cccc(CNC3=NCCCN3)c2)=CCc2ccccc21. The van der Waals surface area contributed by atoms with Crippen LogP contribution in [0.1, 0.15) is 52.2 Å². The Balaban J connectivity index is 1.36. The van der Waals surface area contributed by atoms with Crippen LogP contribution in [0.15, 0.2) is 65.2 Å². The molecule has 1 atom stereocenters. The fourth-order valence-electron chi connectivity index (χ4n) is 4.37. The number of carbonyl (C=O) groups is 2. The third-order valence-electron chi connectivity index (χ3n) is 6.05. The number of carboxylic acid groups (broad SMARTS) is 1. The molecule has 0 saturated heterocycles. The minimum absolute atomic E-state index is 0.0303. The first kappa shape index (κ1) is 22.6. The largest absolute Gasteiger partial charge is 0.550 e. The van der Waals surface area contributed by atoms with Gasteiger partial charge in [-0.05, 0) is 60.4 Å². The summed E-state index contributed by atoms with van der Waals surface area (Å²) >= 11 is 0. The number of carbonyl (C=O) groups excluding carboxylic acids is 2. The molecule has 3 N–H and O–H groups in total. The molecule has 0 radical (unpaired) electrons. The molecule has 0 saturated carbocycles. The maximum Gasteiger partial charge on any atom is 0.251 e. The minimum Gasteiger partial charge on any atom is -0.550 e. The smallest absolute Gasteiger partial charge is 0.251 e. The molecular formula is C26H29N4O3-. The van der Waals surface area contributed by atoms with E-state index in [1.165, 1.54) is 0 Å². The standard InChI is InChI=1S/C26H30N4O3/c31-24(32)15-22-14-19(9-10-20-6-1-2-8-23(20)22)16-29-25(33)21-7-3-5-18(13-21)17-30-26-27-11-4-12-28-26/h1-3,5-9,13,22H,4,10-12,14-17H2,(H,29,33)(H,31,32)(H2,27,28,30)/p-1. The van der Waals surface area contributed by atoms with Crippen molar-refractivity contribution >= 4 is 17.8 Å². The summed E-state index contributed by atoms with van der Waals surface area (Å²) in [5, 5.41) is 20.8. The van der Waals surface area contributed by atoms with Crippen molar-refractivity contribution in [1.82, 2.24) is 16.0 Å². The van der Waals surface area contributed by atoms with Crippen molar-refractivity contribution in [3.8, 4) is 0 Å². The minimum atomic E-state index is -1.06. The van der Waals surface area contributed by atoms with Crippen molar-refractivity contribution in [2.45, 2.75) is 38.1 Å². The van der Waals surface area contributed by atoms with Crippen molar-refractivity contribution < 1.29 is 14.7 Å². The van der Waals surface area contributed by atoms with E-state index < -0.39 is 5.97 Å². The molecule has 4 rings (SSSR count). The second-order valence-corrected chi connectivity index (χ2v) is 8.49. The van der Waals surface area contributed by atoms with Gasteiger partial charge in [-0.15, -0.1) is 0 Å². The van der Waals surface area contributed by atoms with Crippen molar-refractivity contribution in [1.29, 1.82) is 0 Å². The molecule has 2 aromatic rings. The number of rotatable bonds is 7. The predicted molar refractivity (Wildman–Crippen MR) is 126 cm³/mol. The van der Waals surface area contributed by atoms with Crippen LogP contribution < -0.4 is 21.1 Å². The number of carboxylic acids is 1. The first-order valence-electron chi connectivity index (χ1n) is 11.4. The summed E-state index contributed by atoms with van der Waals surface area (Å²) in [6.07, 6.45) is 4.43. The molecular weight excluding hydrogens is 416 g/mol. The first-order valence-corrected chi connectivity index (χ1v) is 11.4. The molecule has 172 valence electrons. The van der Waals surface area contributed by atoms with Gasteiger partial charge in [-0.3, -0.25) is 9.79 Å². The Labute approximate surface area is 194 Å². The van der Waals surface area contributed by atoms with E-state index >= 15 is 0 Å². The molecule has 1 heterocycles. The van der Waals surface area contributed by atoms with Crippen molar-refractivity contribution in [3.63, 3.8) is 0 Å². The summed E-state index contributed by atoms with van der Waals surface area (Å²) in [5.74, 6) is -0.560. The van der Waals surface area contributed by atoms with Gasteiger partial charge in [-0.2, -0.15) is 0 Å². The zero-order chi connectivity index (χ0) is 23.0. The third-order valence-corrected chi connectivity index (χ3v) is 6.05. The molecule has 1 aliphatic carbocycles. The molecule has 1 unspecified atom stereocenters. The maximum absolute atomic E-state index is 12.8. The molecule has 0 bridgehead atoms. The highest BCUT2D eigenvalue weighted by atomic mass is 16.4. The normalized spacial score (nSPS) is 17.5. The number of guanidine groups is 1. The van der Waals surface area contributed by atoms with Crippen molar-refractivity contribution in [2.24, 2.45) is 4.99 Å². The van der Waals surface area contributed by atoms with E-state index in [9.17, 15) is 14.7 Å². The van der Waals surface area contributed by atoms with Gasteiger partial charge in [0, 0.05) is 37.7 Å². The average Bonchev–Trinajstić information content (AvgIpc) is 3.01. The van der Waals surface area contributed by atoms with Crippen LogP contribution in [-0.4, -0.2) is 37.5 Å². The van der Waals surface area contributed by atoms with Gasteiger partial charge in [-0.25, -0.2) is 0 Å². The molecule has 0 spiro atoms. The van der Waals surface area contributed by atoms with Gasteiger partial charge in [0.05, 0.1) is 0 Å². The highest BCUT2D eigenvalue weighted by Gasteiger charge is 2.20. The molecule has 33 heavy (non-hydrogen) atoms. The van der Waals surface area contributed by atoms with Gasteiger partial charge in [0.2, 0.25) is 0 Å².